The molecule has 2 amide bonds. The van der Waals surface area contributed by atoms with Crippen molar-refractivity contribution in [2.45, 2.75) is 13.1 Å². The molecule has 0 aliphatic rings. The summed E-state index contributed by atoms with van der Waals surface area (Å²) in [5, 5.41) is 4.30. The van der Waals surface area contributed by atoms with Crippen LogP contribution in [0.1, 0.15) is 32.1 Å². The second-order valence-corrected chi connectivity index (χ2v) is 6.01. The van der Waals surface area contributed by atoms with Gasteiger partial charge in [0.15, 0.2) is 23.3 Å². The predicted octanol–water partition coefficient (Wildman–Crippen LogP) is 2.89. The first-order valence-electron chi connectivity index (χ1n) is 8.62. The summed E-state index contributed by atoms with van der Waals surface area (Å²) in [5.74, 6) is -8.23. The molecule has 154 valence electrons. The Hall–Kier alpha value is -3.82. The largest absolute Gasteiger partial charge is 0.346 e. The van der Waals surface area contributed by atoms with Crippen molar-refractivity contribution in [3.63, 3.8) is 0 Å². The Bertz CT molecular complexity index is 964. The fourth-order valence-electron chi connectivity index (χ4n) is 2.55. The third-order valence-electron chi connectivity index (χ3n) is 4.09. The van der Waals surface area contributed by atoms with Crippen LogP contribution >= 0.6 is 0 Å². The monoisotopic (exact) mass is 418 g/mol. The second kappa shape index (κ2) is 9.12. The number of hydrogen-bond acceptors (Lipinski definition) is 4. The maximum absolute atomic E-state index is 14.3. The molecule has 1 aromatic carbocycles. The molecule has 0 aliphatic carbocycles. The van der Waals surface area contributed by atoms with Crippen LogP contribution in [0.15, 0.2) is 48.8 Å². The van der Waals surface area contributed by atoms with Crippen LogP contribution in [0.4, 0.5) is 17.6 Å². The lowest BCUT2D eigenvalue weighted by atomic mass is 10.1. The molecule has 0 aliphatic heterocycles. The molecule has 3 aromatic rings. The first-order chi connectivity index (χ1) is 14.4. The Morgan fingerprint density at radius 3 is 1.33 bits per heavy atom. The van der Waals surface area contributed by atoms with Gasteiger partial charge in [-0.05, 0) is 24.3 Å². The SMILES string of the molecule is O=C(NCc1c(F)c(F)c(CNC(=O)c2ccccn2)c(F)c1F)c1ccccn1. The van der Waals surface area contributed by atoms with Gasteiger partial charge < -0.3 is 10.6 Å². The van der Waals surface area contributed by atoms with Gasteiger partial charge in [-0.15, -0.1) is 0 Å². The van der Waals surface area contributed by atoms with E-state index in [2.05, 4.69) is 20.6 Å². The van der Waals surface area contributed by atoms with Gasteiger partial charge in [0.25, 0.3) is 11.8 Å². The van der Waals surface area contributed by atoms with Crippen molar-refractivity contribution in [2.24, 2.45) is 0 Å². The number of nitrogens with one attached hydrogen (secondary N) is 2. The van der Waals surface area contributed by atoms with E-state index in [4.69, 9.17) is 0 Å². The fourth-order valence-corrected chi connectivity index (χ4v) is 2.55. The van der Waals surface area contributed by atoms with E-state index < -0.39 is 59.3 Å². The van der Waals surface area contributed by atoms with E-state index in [9.17, 15) is 27.2 Å². The van der Waals surface area contributed by atoms with E-state index in [1.807, 2.05) is 0 Å². The molecule has 0 spiro atoms. The number of pyridine rings is 2. The van der Waals surface area contributed by atoms with Crippen molar-refractivity contribution in [1.29, 1.82) is 0 Å². The minimum Gasteiger partial charge on any atom is -0.346 e. The van der Waals surface area contributed by atoms with Gasteiger partial charge in [0.05, 0.1) is 0 Å². The van der Waals surface area contributed by atoms with Gasteiger partial charge in [-0.3, -0.25) is 19.6 Å². The van der Waals surface area contributed by atoms with Gasteiger partial charge in [-0.1, -0.05) is 12.1 Å². The highest BCUT2D eigenvalue weighted by Gasteiger charge is 2.26. The van der Waals surface area contributed by atoms with Crippen LogP contribution in [-0.2, 0) is 13.1 Å². The molecule has 2 N–H and O–H groups in total. The van der Waals surface area contributed by atoms with Crippen molar-refractivity contribution in [2.75, 3.05) is 0 Å². The number of nitrogens with zero attached hydrogens (tertiary/aromatic N) is 2. The van der Waals surface area contributed by atoms with E-state index in [-0.39, 0.29) is 11.4 Å². The van der Waals surface area contributed by atoms with Crippen molar-refractivity contribution >= 4 is 11.8 Å². The van der Waals surface area contributed by atoms with E-state index in [0.717, 1.165) is 0 Å². The highest BCUT2D eigenvalue weighted by atomic mass is 19.2. The molecule has 0 unspecified atom stereocenters. The molecule has 30 heavy (non-hydrogen) atoms. The average Bonchev–Trinajstić information content (AvgIpc) is 2.78. The summed E-state index contributed by atoms with van der Waals surface area (Å²) in [6, 6.07) is 8.89. The molecular weight excluding hydrogens is 404 g/mol. The van der Waals surface area contributed by atoms with Crippen molar-refractivity contribution in [3.8, 4) is 0 Å². The molecule has 0 saturated carbocycles. The number of rotatable bonds is 6. The number of amides is 2. The van der Waals surface area contributed by atoms with Crippen molar-refractivity contribution < 1.29 is 27.2 Å². The topological polar surface area (TPSA) is 84.0 Å². The van der Waals surface area contributed by atoms with Crippen LogP contribution in [0.3, 0.4) is 0 Å². The summed E-state index contributed by atoms with van der Waals surface area (Å²) in [6.07, 6.45) is 2.67. The first kappa shape index (κ1) is 20.9. The summed E-state index contributed by atoms with van der Waals surface area (Å²) >= 11 is 0. The summed E-state index contributed by atoms with van der Waals surface area (Å²) in [5.41, 5.74) is -2.05. The Kier molecular flexibility index (Phi) is 6.35. The Labute approximate surface area is 168 Å². The maximum atomic E-state index is 14.3. The van der Waals surface area contributed by atoms with E-state index in [0.29, 0.717) is 0 Å². The first-order valence-corrected chi connectivity index (χ1v) is 8.62. The molecular formula is C20H14F4N4O2. The quantitative estimate of drug-likeness (QED) is 0.476. The second-order valence-electron chi connectivity index (χ2n) is 6.01. The van der Waals surface area contributed by atoms with Crippen molar-refractivity contribution in [1.82, 2.24) is 20.6 Å². The fraction of sp³-hybridized carbons (Fsp3) is 0.100. The summed E-state index contributed by atoms with van der Waals surface area (Å²) in [4.78, 5) is 31.4. The molecule has 2 heterocycles. The standard InChI is InChI=1S/C20H14F4N4O2/c21-15-11(9-27-19(29)13-5-1-3-7-25-13)16(22)18(24)12(17(15)23)10-28-20(30)14-6-2-4-8-26-14/h1-8H,9-10H2,(H,27,29)(H,28,30). The van der Waals surface area contributed by atoms with E-state index >= 15 is 0 Å². The minimum absolute atomic E-state index is 0.0342. The number of carbonyl (C=O) groups excluding carboxylic acids is 2. The summed E-state index contributed by atoms with van der Waals surface area (Å²) in [6.45, 7) is -1.61. The maximum Gasteiger partial charge on any atom is 0.270 e. The Balaban J connectivity index is 1.76. The zero-order chi connectivity index (χ0) is 21.7. The van der Waals surface area contributed by atoms with Gasteiger partial charge in [-0.2, -0.15) is 0 Å². The minimum atomic E-state index is -1.67. The van der Waals surface area contributed by atoms with Gasteiger partial charge in [0.1, 0.15) is 11.4 Å². The van der Waals surface area contributed by atoms with Crippen LogP contribution in [0, 0.1) is 23.3 Å². The van der Waals surface area contributed by atoms with E-state index in [1.165, 1.54) is 36.7 Å². The van der Waals surface area contributed by atoms with Gasteiger partial charge in [0, 0.05) is 36.6 Å². The van der Waals surface area contributed by atoms with Gasteiger partial charge in [0.2, 0.25) is 0 Å². The number of carbonyl (C=O) groups is 2. The predicted molar refractivity (Wildman–Crippen MR) is 97.1 cm³/mol. The number of halogens is 4. The molecule has 3 rings (SSSR count). The molecule has 2 aromatic heterocycles. The lowest BCUT2D eigenvalue weighted by Crippen LogP contribution is -2.27. The number of benzene rings is 1. The third-order valence-corrected chi connectivity index (χ3v) is 4.09. The zero-order valence-electron chi connectivity index (χ0n) is 15.3. The number of aromatic nitrogens is 2. The van der Waals surface area contributed by atoms with Crippen molar-refractivity contribution in [3.05, 3.63) is 94.6 Å². The normalized spacial score (nSPS) is 10.5. The molecule has 0 fully saturated rings. The van der Waals surface area contributed by atoms with Gasteiger partial charge in [-0.25, -0.2) is 17.6 Å². The molecule has 6 nitrogen and oxygen atoms in total. The summed E-state index contributed by atoms with van der Waals surface area (Å²) in [7, 11) is 0. The third kappa shape index (κ3) is 4.43. The summed E-state index contributed by atoms with van der Waals surface area (Å²) < 4.78 is 57.3. The van der Waals surface area contributed by atoms with Crippen LogP contribution in [0.25, 0.3) is 0 Å². The molecule has 0 bridgehead atoms. The van der Waals surface area contributed by atoms with Gasteiger partial charge >= 0.3 is 0 Å². The Morgan fingerprint density at radius 1 is 0.667 bits per heavy atom. The smallest absolute Gasteiger partial charge is 0.270 e. The zero-order valence-corrected chi connectivity index (χ0v) is 15.3. The van der Waals surface area contributed by atoms with Crippen LogP contribution < -0.4 is 10.6 Å². The molecule has 0 radical (unpaired) electrons. The average molecular weight is 418 g/mol. The Morgan fingerprint density at radius 2 is 1.03 bits per heavy atom. The lowest BCUT2D eigenvalue weighted by molar-refractivity contribution is 0.0936. The van der Waals surface area contributed by atoms with Crippen LogP contribution in [0.5, 0.6) is 0 Å². The highest BCUT2D eigenvalue weighted by molar-refractivity contribution is 5.92. The highest BCUT2D eigenvalue weighted by Crippen LogP contribution is 2.24. The molecule has 0 saturated heterocycles. The van der Waals surface area contributed by atoms with E-state index in [1.54, 1.807) is 12.1 Å². The molecule has 0 atom stereocenters. The molecule has 10 heteroatoms. The number of hydrogen-bond donors (Lipinski definition) is 2. The van der Waals surface area contributed by atoms with Crippen LogP contribution in [-0.4, -0.2) is 21.8 Å². The van der Waals surface area contributed by atoms with Crippen LogP contribution in [0.2, 0.25) is 0 Å². The lowest BCUT2D eigenvalue weighted by Gasteiger charge is -2.13.